The molecule has 0 aromatic heterocycles. The number of amides is 1. The Morgan fingerprint density at radius 3 is 3.06 bits per heavy atom. The monoisotopic (exact) mass is 310 g/mol. The van der Waals surface area contributed by atoms with E-state index in [9.17, 15) is 4.79 Å². The van der Waals surface area contributed by atoms with Gasteiger partial charge < -0.3 is 10.6 Å². The molecule has 1 aliphatic heterocycles. The lowest BCUT2D eigenvalue weighted by atomic mass is 10.1. The molecule has 1 amide bonds. The number of carbonyl (C=O) groups excluding carboxylic acids is 1. The first-order valence-corrected chi connectivity index (χ1v) is 7.24. The molecule has 1 aromatic carbocycles. The van der Waals surface area contributed by atoms with Crippen LogP contribution in [0.15, 0.2) is 22.7 Å². The Kier molecular flexibility index (Phi) is 4.78. The summed E-state index contributed by atoms with van der Waals surface area (Å²) in [5, 5.41) is 6.41. The largest absolute Gasteiger partial charge is 0.352 e. The van der Waals surface area contributed by atoms with E-state index >= 15 is 0 Å². The van der Waals surface area contributed by atoms with E-state index in [1.54, 1.807) is 0 Å². The van der Waals surface area contributed by atoms with Gasteiger partial charge in [-0.05, 0) is 56.5 Å². The fourth-order valence-electron chi connectivity index (χ4n) is 2.25. The summed E-state index contributed by atoms with van der Waals surface area (Å²) in [6.45, 7) is 3.85. The third-order valence-electron chi connectivity index (χ3n) is 3.36. The van der Waals surface area contributed by atoms with Crippen molar-refractivity contribution in [2.75, 3.05) is 13.1 Å². The summed E-state index contributed by atoms with van der Waals surface area (Å²) in [4.78, 5) is 11.9. The van der Waals surface area contributed by atoms with Gasteiger partial charge in [-0.1, -0.05) is 15.9 Å². The molecule has 18 heavy (non-hydrogen) atoms. The molecule has 98 valence electrons. The number of carbonyl (C=O) groups is 1. The Morgan fingerprint density at radius 1 is 1.56 bits per heavy atom. The molecule has 1 aromatic rings. The smallest absolute Gasteiger partial charge is 0.251 e. The van der Waals surface area contributed by atoms with Crippen LogP contribution in [0.4, 0.5) is 0 Å². The molecular weight excluding hydrogens is 292 g/mol. The lowest BCUT2D eigenvalue weighted by molar-refractivity contribution is 0.0952. The van der Waals surface area contributed by atoms with E-state index in [1.807, 2.05) is 25.1 Å². The second-order valence-electron chi connectivity index (χ2n) is 4.80. The molecule has 1 saturated heterocycles. The van der Waals surface area contributed by atoms with Crippen LogP contribution in [0.25, 0.3) is 0 Å². The molecule has 2 rings (SSSR count). The summed E-state index contributed by atoms with van der Waals surface area (Å²) >= 11 is 3.44. The van der Waals surface area contributed by atoms with Gasteiger partial charge in [0.25, 0.3) is 5.91 Å². The van der Waals surface area contributed by atoms with Crippen LogP contribution in [0.2, 0.25) is 0 Å². The highest BCUT2D eigenvalue weighted by Gasteiger charge is 2.14. The predicted molar refractivity (Wildman–Crippen MR) is 76.9 cm³/mol. The Hall–Kier alpha value is -0.870. The highest BCUT2D eigenvalue weighted by Crippen LogP contribution is 2.17. The zero-order chi connectivity index (χ0) is 13.0. The van der Waals surface area contributed by atoms with Crippen molar-refractivity contribution in [2.24, 2.45) is 0 Å². The number of benzene rings is 1. The molecular formula is C14H19BrN2O. The minimum Gasteiger partial charge on any atom is -0.352 e. The predicted octanol–water partition coefficient (Wildman–Crippen LogP) is 2.63. The van der Waals surface area contributed by atoms with Crippen molar-refractivity contribution in [3.05, 3.63) is 33.8 Å². The van der Waals surface area contributed by atoms with Crippen molar-refractivity contribution in [3.63, 3.8) is 0 Å². The number of halogens is 1. The molecule has 1 aliphatic rings. The molecule has 2 N–H and O–H groups in total. The van der Waals surface area contributed by atoms with Gasteiger partial charge in [-0.15, -0.1) is 0 Å². The van der Waals surface area contributed by atoms with E-state index in [-0.39, 0.29) is 5.91 Å². The third-order valence-corrected chi connectivity index (χ3v) is 4.25. The van der Waals surface area contributed by atoms with Crippen molar-refractivity contribution < 1.29 is 4.79 Å². The maximum atomic E-state index is 11.9. The summed E-state index contributed by atoms with van der Waals surface area (Å²) in [5.41, 5.74) is 1.81. The number of nitrogens with one attached hydrogen (secondary N) is 2. The van der Waals surface area contributed by atoms with Crippen molar-refractivity contribution in [2.45, 2.75) is 32.2 Å². The van der Waals surface area contributed by atoms with Gasteiger partial charge in [0.05, 0.1) is 0 Å². The van der Waals surface area contributed by atoms with Crippen LogP contribution in [-0.4, -0.2) is 25.0 Å². The molecule has 0 bridgehead atoms. The normalized spacial score (nSPS) is 18.9. The summed E-state index contributed by atoms with van der Waals surface area (Å²) in [6, 6.07) is 6.26. The Labute approximate surface area is 116 Å². The molecule has 1 atom stereocenters. The SMILES string of the molecule is Cc1cc(C(=O)NCCC2CCCN2)ccc1Br. The zero-order valence-corrected chi connectivity index (χ0v) is 12.2. The van der Waals surface area contributed by atoms with E-state index in [4.69, 9.17) is 0 Å². The summed E-state index contributed by atoms with van der Waals surface area (Å²) in [7, 11) is 0. The fraction of sp³-hybridized carbons (Fsp3) is 0.500. The first-order chi connectivity index (χ1) is 8.66. The van der Waals surface area contributed by atoms with Gasteiger partial charge in [-0.25, -0.2) is 0 Å². The first-order valence-electron chi connectivity index (χ1n) is 6.44. The van der Waals surface area contributed by atoms with Crippen molar-refractivity contribution in [1.82, 2.24) is 10.6 Å². The number of rotatable bonds is 4. The molecule has 1 fully saturated rings. The maximum Gasteiger partial charge on any atom is 0.251 e. The summed E-state index contributed by atoms with van der Waals surface area (Å²) in [6.07, 6.45) is 3.50. The van der Waals surface area contributed by atoms with E-state index in [1.165, 1.54) is 12.8 Å². The van der Waals surface area contributed by atoms with Gasteiger partial charge >= 0.3 is 0 Å². The summed E-state index contributed by atoms with van der Waals surface area (Å²) < 4.78 is 1.04. The van der Waals surface area contributed by atoms with Gasteiger partial charge in [0.2, 0.25) is 0 Å². The van der Waals surface area contributed by atoms with Gasteiger partial charge in [0.15, 0.2) is 0 Å². The van der Waals surface area contributed by atoms with Gasteiger partial charge in [-0.3, -0.25) is 4.79 Å². The van der Waals surface area contributed by atoms with E-state index < -0.39 is 0 Å². The van der Waals surface area contributed by atoms with Gasteiger partial charge in [-0.2, -0.15) is 0 Å². The third kappa shape index (κ3) is 3.56. The topological polar surface area (TPSA) is 41.1 Å². The van der Waals surface area contributed by atoms with Crippen LogP contribution >= 0.6 is 15.9 Å². The summed E-state index contributed by atoms with van der Waals surface area (Å²) in [5.74, 6) is 0.0172. The fourth-order valence-corrected chi connectivity index (χ4v) is 2.50. The van der Waals surface area contributed by atoms with Crippen LogP contribution in [0.1, 0.15) is 35.2 Å². The van der Waals surface area contributed by atoms with Gasteiger partial charge in [0, 0.05) is 22.6 Å². The molecule has 0 spiro atoms. The number of hydrogen-bond acceptors (Lipinski definition) is 2. The lowest BCUT2D eigenvalue weighted by Crippen LogP contribution is -2.30. The molecule has 0 radical (unpaired) electrons. The van der Waals surface area contributed by atoms with Crippen molar-refractivity contribution >= 4 is 21.8 Å². The van der Waals surface area contributed by atoms with E-state index in [0.717, 1.165) is 35.1 Å². The first kappa shape index (κ1) is 13.6. The van der Waals surface area contributed by atoms with E-state index in [0.29, 0.717) is 6.04 Å². The maximum absolute atomic E-state index is 11.9. The quantitative estimate of drug-likeness (QED) is 0.897. The molecule has 0 saturated carbocycles. The van der Waals surface area contributed by atoms with Crippen molar-refractivity contribution in [1.29, 1.82) is 0 Å². The Morgan fingerprint density at radius 2 is 2.39 bits per heavy atom. The number of aryl methyl sites for hydroxylation is 1. The zero-order valence-electron chi connectivity index (χ0n) is 10.6. The van der Waals surface area contributed by atoms with Crippen LogP contribution < -0.4 is 10.6 Å². The second kappa shape index (κ2) is 6.34. The molecule has 0 aliphatic carbocycles. The Bertz CT molecular complexity index is 428. The molecule has 4 heteroatoms. The average Bonchev–Trinajstić information content (AvgIpc) is 2.85. The lowest BCUT2D eigenvalue weighted by Gasteiger charge is -2.11. The van der Waals surface area contributed by atoms with E-state index in [2.05, 4.69) is 26.6 Å². The van der Waals surface area contributed by atoms with Gasteiger partial charge in [0.1, 0.15) is 0 Å². The van der Waals surface area contributed by atoms with Crippen molar-refractivity contribution in [3.8, 4) is 0 Å². The average molecular weight is 311 g/mol. The van der Waals surface area contributed by atoms with Crippen LogP contribution in [0.5, 0.6) is 0 Å². The minimum absolute atomic E-state index is 0.0172. The molecule has 1 unspecified atom stereocenters. The van der Waals surface area contributed by atoms with Crippen LogP contribution in [0, 0.1) is 6.92 Å². The Balaban J connectivity index is 1.81. The standard InChI is InChI=1S/C14H19BrN2O/c1-10-9-11(4-5-13(10)15)14(18)17-8-6-12-3-2-7-16-12/h4-5,9,12,16H,2-3,6-8H2,1H3,(H,17,18). The van der Waals surface area contributed by atoms with Crippen LogP contribution in [0.3, 0.4) is 0 Å². The second-order valence-corrected chi connectivity index (χ2v) is 5.66. The highest BCUT2D eigenvalue weighted by molar-refractivity contribution is 9.10. The molecule has 3 nitrogen and oxygen atoms in total. The van der Waals surface area contributed by atoms with Crippen LogP contribution in [-0.2, 0) is 0 Å². The minimum atomic E-state index is 0.0172. The molecule has 1 heterocycles. The highest BCUT2D eigenvalue weighted by atomic mass is 79.9. The number of hydrogen-bond donors (Lipinski definition) is 2.